The van der Waals surface area contributed by atoms with Crippen molar-refractivity contribution in [2.24, 2.45) is 0 Å². The summed E-state index contributed by atoms with van der Waals surface area (Å²) < 4.78 is 258. The van der Waals surface area contributed by atoms with Gasteiger partial charge in [0.2, 0.25) is 0 Å². The normalized spacial score (nSPS) is 13.4. The zero-order valence-corrected chi connectivity index (χ0v) is 23.9. The molecule has 0 spiro atoms. The van der Waals surface area contributed by atoms with Gasteiger partial charge in [-0.25, -0.2) is 0 Å². The van der Waals surface area contributed by atoms with Gasteiger partial charge in [-0.05, 0) is 59.5 Å². The molecule has 4 aromatic carbocycles. The van der Waals surface area contributed by atoms with Gasteiger partial charge < -0.3 is 4.81 Å². The maximum Gasteiger partial charge on any atom is 0.416 e. The fourth-order valence-electron chi connectivity index (χ4n) is 5.19. The number of para-hydroxylation sites is 2. The van der Waals surface area contributed by atoms with Crippen molar-refractivity contribution >= 4 is 29.1 Å². The SMILES string of the molecule is FC(F)(F)c1cc(C(F)(F)F)c(B(c2c(C(F)(F)F)cc(C(F)(F)F)cc2C(F)(F)F)N(c2ccccc2)c2ccccc2)c(C(F)(F)F)c1. The van der Waals surface area contributed by atoms with Crippen LogP contribution in [-0.4, -0.2) is 6.85 Å². The minimum atomic E-state index is -6.35. The van der Waals surface area contributed by atoms with E-state index in [4.69, 9.17) is 0 Å². The summed E-state index contributed by atoms with van der Waals surface area (Å²) in [5, 5.41) is 0. The first-order valence-corrected chi connectivity index (χ1v) is 13.3. The Kier molecular flexibility index (Phi) is 9.70. The third kappa shape index (κ3) is 7.93. The van der Waals surface area contributed by atoms with E-state index >= 15 is 0 Å². The van der Waals surface area contributed by atoms with Crippen molar-refractivity contribution in [2.45, 2.75) is 37.1 Å². The summed E-state index contributed by atoms with van der Waals surface area (Å²) >= 11 is 0. The van der Waals surface area contributed by atoms with E-state index < -0.39 is 124 Å². The molecule has 4 rings (SSSR count). The Morgan fingerprint density at radius 3 is 0.780 bits per heavy atom. The van der Waals surface area contributed by atoms with Crippen LogP contribution in [0.4, 0.5) is 90.4 Å². The fourth-order valence-corrected chi connectivity index (χ4v) is 5.19. The predicted molar refractivity (Wildman–Crippen MR) is 143 cm³/mol. The molecule has 0 N–H and O–H groups in total. The molecule has 0 saturated heterocycles. The lowest BCUT2D eigenvalue weighted by molar-refractivity contribution is -0.149. The Labute approximate surface area is 268 Å². The largest absolute Gasteiger partial charge is 0.416 e. The number of anilines is 2. The molecule has 0 unspecified atom stereocenters. The number of alkyl halides is 18. The van der Waals surface area contributed by atoms with Crippen molar-refractivity contribution in [3.8, 4) is 0 Å². The van der Waals surface area contributed by atoms with Gasteiger partial charge in [0, 0.05) is 11.4 Å². The molecular weight excluding hydrogens is 727 g/mol. The standard InChI is InChI=1S/C30H14BF18N/c32-25(33,34)15-11-19(27(38,39)40)23(20(12-15)28(41,42)43)31(50(17-7-3-1-4-8-17)18-9-5-2-6-10-18)24-21(29(44,45)46)13-16(26(35,36)37)14-22(24)30(47,48)49/h1-14H. The van der Waals surface area contributed by atoms with Crippen LogP contribution in [0.2, 0.25) is 0 Å². The van der Waals surface area contributed by atoms with Gasteiger partial charge in [-0.1, -0.05) is 36.4 Å². The van der Waals surface area contributed by atoms with Crippen molar-refractivity contribution in [1.29, 1.82) is 0 Å². The summed E-state index contributed by atoms with van der Waals surface area (Å²) in [6.45, 7) is -3.72. The Bertz CT molecular complexity index is 1610. The molecule has 20 heteroatoms. The first kappa shape index (κ1) is 38.3. The highest BCUT2D eigenvalue weighted by Gasteiger charge is 2.54. The van der Waals surface area contributed by atoms with E-state index in [1.54, 1.807) is 0 Å². The smallest absolute Gasteiger partial charge is 0.377 e. The third-order valence-electron chi connectivity index (χ3n) is 7.11. The molecule has 0 atom stereocenters. The molecule has 4 aromatic rings. The lowest BCUT2D eigenvalue weighted by atomic mass is 9.44. The lowest BCUT2D eigenvalue weighted by Gasteiger charge is -2.37. The van der Waals surface area contributed by atoms with Gasteiger partial charge >= 0.3 is 43.9 Å². The minimum absolute atomic E-state index is 0.0974. The van der Waals surface area contributed by atoms with Crippen molar-refractivity contribution in [3.63, 3.8) is 0 Å². The number of benzene rings is 4. The van der Waals surface area contributed by atoms with Crippen LogP contribution in [0.25, 0.3) is 0 Å². The van der Waals surface area contributed by atoms with Crippen LogP contribution >= 0.6 is 0 Å². The zero-order chi connectivity index (χ0) is 37.8. The van der Waals surface area contributed by atoms with E-state index in [0.29, 0.717) is 0 Å². The van der Waals surface area contributed by atoms with E-state index in [-0.39, 0.29) is 4.81 Å². The molecule has 0 aliphatic rings. The van der Waals surface area contributed by atoms with Crippen LogP contribution < -0.4 is 15.7 Å². The maximum absolute atomic E-state index is 14.7. The number of rotatable bonds is 5. The zero-order valence-electron chi connectivity index (χ0n) is 23.9. The van der Waals surface area contributed by atoms with Gasteiger partial charge in [-0.3, -0.25) is 0 Å². The van der Waals surface area contributed by atoms with Crippen LogP contribution in [0.15, 0.2) is 84.9 Å². The molecule has 0 radical (unpaired) electrons. The van der Waals surface area contributed by atoms with Gasteiger partial charge in [0.1, 0.15) is 0 Å². The lowest BCUT2D eigenvalue weighted by Crippen LogP contribution is -2.61. The van der Waals surface area contributed by atoms with Crippen LogP contribution in [0, 0.1) is 0 Å². The summed E-state index contributed by atoms with van der Waals surface area (Å²) in [4.78, 5) is 0.0974. The topological polar surface area (TPSA) is 3.24 Å². The molecule has 1 nitrogen and oxygen atoms in total. The van der Waals surface area contributed by atoms with Crippen LogP contribution in [0.5, 0.6) is 0 Å². The molecule has 0 fully saturated rings. The van der Waals surface area contributed by atoms with E-state index in [9.17, 15) is 79.0 Å². The van der Waals surface area contributed by atoms with Crippen LogP contribution in [-0.2, 0) is 37.1 Å². The molecule has 50 heavy (non-hydrogen) atoms. The van der Waals surface area contributed by atoms with Gasteiger partial charge in [0.25, 0.3) is 0 Å². The molecule has 0 aliphatic carbocycles. The van der Waals surface area contributed by atoms with Crippen LogP contribution in [0.3, 0.4) is 0 Å². The molecule has 0 heterocycles. The molecule has 0 bridgehead atoms. The third-order valence-corrected chi connectivity index (χ3v) is 7.11. The quantitative estimate of drug-likeness (QED) is 0.145. The van der Waals surface area contributed by atoms with Crippen molar-refractivity contribution in [3.05, 3.63) is 118 Å². The van der Waals surface area contributed by atoms with Crippen molar-refractivity contribution < 1.29 is 79.0 Å². The van der Waals surface area contributed by atoms with Gasteiger partial charge in [0.15, 0.2) is 0 Å². The summed E-state index contributed by atoms with van der Waals surface area (Å²) in [6.07, 6.45) is -37.4. The molecule has 0 amide bonds. The Balaban J connectivity index is 2.46. The monoisotopic (exact) mass is 741 g/mol. The number of hydrogen-bond acceptors (Lipinski definition) is 1. The Morgan fingerprint density at radius 2 is 0.580 bits per heavy atom. The highest BCUT2D eigenvalue weighted by atomic mass is 19.4. The maximum atomic E-state index is 14.7. The summed E-state index contributed by atoms with van der Waals surface area (Å²) in [6, 6.07) is 5.89. The second kappa shape index (κ2) is 12.7. The number of halogens is 18. The first-order valence-electron chi connectivity index (χ1n) is 13.3. The first-order chi connectivity index (χ1) is 22.6. The molecule has 0 aliphatic heterocycles. The molecule has 268 valence electrons. The van der Waals surface area contributed by atoms with E-state index in [2.05, 4.69) is 0 Å². The highest BCUT2D eigenvalue weighted by molar-refractivity contribution is 6.90. The number of nitrogens with zero attached hydrogens (tertiary/aromatic N) is 1. The second-order valence-corrected chi connectivity index (χ2v) is 10.4. The summed E-state index contributed by atoms with van der Waals surface area (Å²) in [5.41, 5.74) is -23.8. The fraction of sp³-hybridized carbons (Fsp3) is 0.200. The van der Waals surface area contributed by atoms with E-state index in [0.717, 1.165) is 48.5 Å². The van der Waals surface area contributed by atoms with Crippen molar-refractivity contribution in [1.82, 2.24) is 0 Å². The second-order valence-electron chi connectivity index (χ2n) is 10.4. The Hall–Kier alpha value is -4.52. The Morgan fingerprint density at radius 1 is 0.340 bits per heavy atom. The van der Waals surface area contributed by atoms with Gasteiger partial charge in [-0.15, -0.1) is 0 Å². The average Bonchev–Trinajstić information content (AvgIpc) is 2.96. The summed E-state index contributed by atoms with van der Waals surface area (Å²) in [7, 11) is 0. The van der Waals surface area contributed by atoms with E-state index in [1.165, 1.54) is 12.1 Å². The average molecular weight is 741 g/mol. The molecule has 0 saturated carbocycles. The predicted octanol–water partition coefficient (Wildman–Crippen LogP) is 10.7. The number of hydrogen-bond donors (Lipinski definition) is 0. The van der Waals surface area contributed by atoms with Crippen molar-refractivity contribution in [2.75, 3.05) is 4.81 Å². The molecular formula is C30H14BF18N. The van der Waals surface area contributed by atoms with Crippen LogP contribution in [0.1, 0.15) is 33.4 Å². The minimum Gasteiger partial charge on any atom is -0.377 e. The van der Waals surface area contributed by atoms with E-state index in [1.807, 2.05) is 0 Å². The highest BCUT2D eigenvalue weighted by Crippen LogP contribution is 2.44. The van der Waals surface area contributed by atoms with Gasteiger partial charge in [0.05, 0.1) is 33.4 Å². The van der Waals surface area contributed by atoms with Gasteiger partial charge in [-0.2, -0.15) is 79.0 Å². The summed E-state index contributed by atoms with van der Waals surface area (Å²) in [5.74, 6) is 0. The molecule has 0 aromatic heterocycles.